The van der Waals surface area contributed by atoms with E-state index in [9.17, 15) is 0 Å². The first kappa shape index (κ1) is 17.0. The SMILES string of the molecule is CCCOc1c(C)cc(C)cc1C(CC)CCC(C)N. The minimum Gasteiger partial charge on any atom is -0.493 e. The Morgan fingerprint density at radius 2 is 1.85 bits per heavy atom. The highest BCUT2D eigenvalue weighted by Crippen LogP contribution is 2.36. The first-order chi connectivity index (χ1) is 9.49. The molecule has 0 aromatic heterocycles. The van der Waals surface area contributed by atoms with Crippen molar-refractivity contribution in [2.75, 3.05) is 6.61 Å². The minimum atomic E-state index is 0.273. The van der Waals surface area contributed by atoms with Gasteiger partial charge in [0.1, 0.15) is 5.75 Å². The molecule has 2 atom stereocenters. The Balaban J connectivity index is 3.04. The molecule has 0 aliphatic rings. The van der Waals surface area contributed by atoms with Crippen molar-refractivity contribution >= 4 is 0 Å². The van der Waals surface area contributed by atoms with Crippen LogP contribution in [0.25, 0.3) is 0 Å². The summed E-state index contributed by atoms with van der Waals surface area (Å²) in [6, 6.07) is 4.79. The number of benzene rings is 1. The zero-order valence-electron chi connectivity index (χ0n) is 13.8. The van der Waals surface area contributed by atoms with Crippen LogP contribution in [-0.4, -0.2) is 12.6 Å². The van der Waals surface area contributed by atoms with Crippen LogP contribution in [0.15, 0.2) is 12.1 Å². The molecule has 0 saturated carbocycles. The van der Waals surface area contributed by atoms with E-state index in [2.05, 4.69) is 46.8 Å². The van der Waals surface area contributed by atoms with Crippen molar-refractivity contribution in [3.63, 3.8) is 0 Å². The Hall–Kier alpha value is -1.02. The number of nitrogens with two attached hydrogens (primary N) is 1. The summed E-state index contributed by atoms with van der Waals surface area (Å²) in [7, 11) is 0. The summed E-state index contributed by atoms with van der Waals surface area (Å²) in [5, 5.41) is 0. The second-order valence-corrected chi connectivity index (χ2v) is 6.01. The third-order valence-corrected chi connectivity index (χ3v) is 3.80. The van der Waals surface area contributed by atoms with Crippen LogP contribution in [0.4, 0.5) is 0 Å². The van der Waals surface area contributed by atoms with Gasteiger partial charge in [0.25, 0.3) is 0 Å². The number of ether oxygens (including phenoxy) is 1. The fourth-order valence-electron chi connectivity index (χ4n) is 2.74. The quantitative estimate of drug-likeness (QED) is 0.746. The summed E-state index contributed by atoms with van der Waals surface area (Å²) in [4.78, 5) is 0. The molecule has 0 saturated heterocycles. The van der Waals surface area contributed by atoms with E-state index < -0.39 is 0 Å². The van der Waals surface area contributed by atoms with Crippen LogP contribution < -0.4 is 10.5 Å². The fourth-order valence-corrected chi connectivity index (χ4v) is 2.74. The molecule has 0 aliphatic carbocycles. The van der Waals surface area contributed by atoms with Gasteiger partial charge in [-0.3, -0.25) is 0 Å². The van der Waals surface area contributed by atoms with Crippen molar-refractivity contribution < 1.29 is 4.74 Å². The van der Waals surface area contributed by atoms with E-state index in [4.69, 9.17) is 10.5 Å². The van der Waals surface area contributed by atoms with E-state index in [-0.39, 0.29) is 6.04 Å². The molecule has 0 radical (unpaired) electrons. The molecule has 2 unspecified atom stereocenters. The highest BCUT2D eigenvalue weighted by molar-refractivity contribution is 5.45. The molecule has 0 fully saturated rings. The maximum absolute atomic E-state index is 6.03. The van der Waals surface area contributed by atoms with Crippen molar-refractivity contribution in [2.24, 2.45) is 5.73 Å². The van der Waals surface area contributed by atoms with Crippen LogP contribution in [0.1, 0.15) is 69.1 Å². The summed E-state index contributed by atoms with van der Waals surface area (Å²) in [5.74, 6) is 1.65. The van der Waals surface area contributed by atoms with Crippen LogP contribution in [0.5, 0.6) is 5.75 Å². The largest absolute Gasteiger partial charge is 0.493 e. The monoisotopic (exact) mass is 277 g/mol. The minimum absolute atomic E-state index is 0.273. The smallest absolute Gasteiger partial charge is 0.125 e. The average Bonchev–Trinajstić information content (AvgIpc) is 2.38. The maximum atomic E-state index is 6.03. The van der Waals surface area contributed by atoms with Crippen molar-refractivity contribution in [3.8, 4) is 5.75 Å². The molecule has 114 valence electrons. The summed E-state index contributed by atoms with van der Waals surface area (Å²) >= 11 is 0. The molecule has 20 heavy (non-hydrogen) atoms. The Morgan fingerprint density at radius 3 is 2.40 bits per heavy atom. The summed E-state index contributed by atoms with van der Waals surface area (Å²) in [5.41, 5.74) is 9.87. The second kappa shape index (κ2) is 8.31. The molecule has 1 rings (SSSR count). The Morgan fingerprint density at radius 1 is 1.15 bits per heavy atom. The van der Waals surface area contributed by atoms with Crippen LogP contribution >= 0.6 is 0 Å². The lowest BCUT2D eigenvalue weighted by Gasteiger charge is -2.22. The Kier molecular flexibility index (Phi) is 7.08. The van der Waals surface area contributed by atoms with Crippen LogP contribution in [0.3, 0.4) is 0 Å². The standard InChI is InChI=1S/C18H31NO/c1-6-10-20-18-14(4)11-13(3)12-17(18)16(7-2)9-8-15(5)19/h11-12,15-16H,6-10,19H2,1-5H3. The van der Waals surface area contributed by atoms with Gasteiger partial charge in [-0.05, 0) is 63.5 Å². The van der Waals surface area contributed by atoms with Crippen molar-refractivity contribution in [1.29, 1.82) is 0 Å². The van der Waals surface area contributed by atoms with E-state index in [0.717, 1.165) is 38.0 Å². The van der Waals surface area contributed by atoms with Crippen LogP contribution in [-0.2, 0) is 0 Å². The topological polar surface area (TPSA) is 35.2 Å². The predicted molar refractivity (Wildman–Crippen MR) is 87.6 cm³/mol. The lowest BCUT2D eigenvalue weighted by Crippen LogP contribution is -2.16. The van der Waals surface area contributed by atoms with E-state index >= 15 is 0 Å². The zero-order valence-corrected chi connectivity index (χ0v) is 13.8. The molecule has 0 amide bonds. The second-order valence-electron chi connectivity index (χ2n) is 6.01. The highest BCUT2D eigenvalue weighted by atomic mass is 16.5. The van der Waals surface area contributed by atoms with Gasteiger partial charge in [-0.2, -0.15) is 0 Å². The highest BCUT2D eigenvalue weighted by Gasteiger charge is 2.17. The van der Waals surface area contributed by atoms with Crippen molar-refractivity contribution in [1.82, 2.24) is 0 Å². The average molecular weight is 277 g/mol. The first-order valence-electron chi connectivity index (χ1n) is 7.99. The third kappa shape index (κ3) is 4.82. The molecule has 1 aromatic carbocycles. The van der Waals surface area contributed by atoms with Gasteiger partial charge in [0.05, 0.1) is 6.61 Å². The molecule has 0 heterocycles. The molecular formula is C18H31NO. The first-order valence-corrected chi connectivity index (χ1v) is 7.99. The molecule has 2 nitrogen and oxygen atoms in total. The lowest BCUT2D eigenvalue weighted by molar-refractivity contribution is 0.308. The van der Waals surface area contributed by atoms with E-state index in [1.54, 1.807) is 0 Å². The Labute approximate surface area is 124 Å². The van der Waals surface area contributed by atoms with Crippen molar-refractivity contribution in [3.05, 3.63) is 28.8 Å². The number of hydrogen-bond acceptors (Lipinski definition) is 2. The van der Waals surface area contributed by atoms with Crippen molar-refractivity contribution in [2.45, 2.75) is 72.3 Å². The maximum Gasteiger partial charge on any atom is 0.125 e. The number of hydrogen-bond donors (Lipinski definition) is 1. The fraction of sp³-hybridized carbons (Fsp3) is 0.667. The molecule has 1 aromatic rings. The van der Waals surface area contributed by atoms with Gasteiger partial charge >= 0.3 is 0 Å². The molecular weight excluding hydrogens is 246 g/mol. The van der Waals surface area contributed by atoms with Gasteiger partial charge in [0.2, 0.25) is 0 Å². The van der Waals surface area contributed by atoms with Gasteiger partial charge in [-0.1, -0.05) is 31.5 Å². The molecule has 2 N–H and O–H groups in total. The number of aryl methyl sites for hydroxylation is 2. The van der Waals surface area contributed by atoms with Crippen LogP contribution in [0, 0.1) is 13.8 Å². The zero-order chi connectivity index (χ0) is 15.1. The lowest BCUT2D eigenvalue weighted by atomic mass is 9.88. The number of rotatable bonds is 8. The van der Waals surface area contributed by atoms with Gasteiger partial charge in [-0.15, -0.1) is 0 Å². The van der Waals surface area contributed by atoms with Gasteiger partial charge < -0.3 is 10.5 Å². The Bertz CT molecular complexity index is 412. The summed E-state index contributed by atoms with van der Waals surface area (Å²) in [6.45, 7) is 11.6. The molecule has 0 aliphatic heterocycles. The molecule has 0 bridgehead atoms. The third-order valence-electron chi connectivity index (χ3n) is 3.80. The van der Waals surface area contributed by atoms with Crippen LogP contribution in [0.2, 0.25) is 0 Å². The van der Waals surface area contributed by atoms with E-state index in [1.807, 2.05) is 0 Å². The van der Waals surface area contributed by atoms with Gasteiger partial charge in [-0.25, -0.2) is 0 Å². The van der Waals surface area contributed by atoms with Gasteiger partial charge in [0.15, 0.2) is 0 Å². The van der Waals surface area contributed by atoms with E-state index in [1.165, 1.54) is 16.7 Å². The molecule has 2 heteroatoms. The summed E-state index contributed by atoms with van der Waals surface area (Å²) in [6.07, 6.45) is 4.39. The summed E-state index contributed by atoms with van der Waals surface area (Å²) < 4.78 is 6.03. The van der Waals surface area contributed by atoms with Gasteiger partial charge in [0, 0.05) is 6.04 Å². The van der Waals surface area contributed by atoms with E-state index in [0.29, 0.717) is 5.92 Å². The predicted octanol–water partition coefficient (Wildman–Crippen LogP) is 4.71. The molecule has 0 spiro atoms. The normalized spacial score (nSPS) is 14.1.